The summed E-state index contributed by atoms with van der Waals surface area (Å²) in [6.07, 6.45) is 3.15. The van der Waals surface area contributed by atoms with Gasteiger partial charge in [0, 0.05) is 17.7 Å². The zero-order chi connectivity index (χ0) is 20.9. The number of hydrogen-bond donors (Lipinski definition) is 1. The molecule has 0 bridgehead atoms. The van der Waals surface area contributed by atoms with E-state index in [9.17, 15) is 14.4 Å². The molecule has 0 saturated carbocycles. The predicted octanol–water partition coefficient (Wildman–Crippen LogP) is 4.67. The molecule has 1 aliphatic carbocycles. The lowest BCUT2D eigenvalue weighted by Gasteiger charge is -2.18. The number of amides is 1. The molecule has 5 nitrogen and oxygen atoms in total. The number of benzene rings is 3. The highest BCUT2D eigenvalue weighted by Gasteiger charge is 2.29. The zero-order valence-corrected chi connectivity index (χ0v) is 16.1. The molecule has 0 heterocycles. The summed E-state index contributed by atoms with van der Waals surface area (Å²) in [7, 11) is 0. The van der Waals surface area contributed by atoms with E-state index in [4.69, 9.17) is 4.74 Å². The highest BCUT2D eigenvalue weighted by atomic mass is 16.5. The van der Waals surface area contributed by atoms with Crippen LogP contribution in [0.3, 0.4) is 0 Å². The molecule has 3 aromatic carbocycles. The average Bonchev–Trinajstić information content (AvgIpc) is 2.79. The smallest absolute Gasteiger partial charge is 0.407 e. The minimum atomic E-state index is -0.494. The van der Waals surface area contributed by atoms with E-state index in [1.807, 2.05) is 54.6 Å². The SMILES string of the molecule is O=C(NCC=Cc1ccc2c(c1)-c1ccccc1C(=O)C2=O)OCc1ccccc1. The van der Waals surface area contributed by atoms with Gasteiger partial charge in [-0.2, -0.15) is 0 Å². The largest absolute Gasteiger partial charge is 0.445 e. The van der Waals surface area contributed by atoms with Gasteiger partial charge < -0.3 is 10.1 Å². The third kappa shape index (κ3) is 4.05. The Morgan fingerprint density at radius 3 is 2.23 bits per heavy atom. The summed E-state index contributed by atoms with van der Waals surface area (Å²) in [5, 5.41) is 2.67. The summed E-state index contributed by atoms with van der Waals surface area (Å²) in [6, 6.07) is 21.9. The minimum Gasteiger partial charge on any atom is -0.445 e. The number of ketones is 2. The molecular weight excluding hydrogens is 378 g/mol. The van der Waals surface area contributed by atoms with Crippen molar-refractivity contribution in [3.63, 3.8) is 0 Å². The Morgan fingerprint density at radius 1 is 0.800 bits per heavy atom. The number of nitrogens with one attached hydrogen (secondary N) is 1. The number of carbonyl (C=O) groups excluding carboxylic acids is 3. The second-order valence-electron chi connectivity index (χ2n) is 6.85. The standard InChI is InChI=1S/C25H19NO4/c27-23-20-11-5-4-10-19(20)22-15-17(12-13-21(22)24(23)28)9-6-14-26-25(29)30-16-18-7-2-1-3-8-18/h1-13,15H,14,16H2,(H,26,29). The van der Waals surface area contributed by atoms with Gasteiger partial charge in [0.1, 0.15) is 6.61 Å². The molecule has 1 aliphatic rings. The highest BCUT2D eigenvalue weighted by Crippen LogP contribution is 2.34. The monoisotopic (exact) mass is 397 g/mol. The van der Waals surface area contributed by atoms with E-state index in [2.05, 4.69) is 5.32 Å². The van der Waals surface area contributed by atoms with Crippen LogP contribution >= 0.6 is 0 Å². The Balaban J connectivity index is 1.39. The molecule has 5 heteroatoms. The maximum atomic E-state index is 12.4. The van der Waals surface area contributed by atoms with Crippen molar-refractivity contribution >= 4 is 23.7 Å². The molecule has 0 fully saturated rings. The van der Waals surface area contributed by atoms with Crippen molar-refractivity contribution < 1.29 is 19.1 Å². The van der Waals surface area contributed by atoms with E-state index in [1.165, 1.54) is 0 Å². The molecule has 0 spiro atoms. The maximum Gasteiger partial charge on any atom is 0.407 e. The fraction of sp³-hybridized carbons (Fsp3) is 0.0800. The lowest BCUT2D eigenvalue weighted by Crippen LogP contribution is -2.24. The van der Waals surface area contributed by atoms with Gasteiger partial charge in [0.2, 0.25) is 11.6 Å². The first-order valence-corrected chi connectivity index (χ1v) is 9.57. The topological polar surface area (TPSA) is 72.5 Å². The first kappa shape index (κ1) is 19.3. The lowest BCUT2D eigenvalue weighted by molar-refractivity contribution is 0.0815. The molecule has 0 unspecified atom stereocenters. The van der Waals surface area contributed by atoms with Gasteiger partial charge in [-0.05, 0) is 34.4 Å². The molecule has 1 amide bonds. The Hall–Kier alpha value is -3.99. The molecule has 0 aliphatic heterocycles. The van der Waals surface area contributed by atoms with E-state index in [0.717, 1.165) is 22.3 Å². The van der Waals surface area contributed by atoms with Crippen LogP contribution in [0, 0.1) is 0 Å². The molecule has 148 valence electrons. The van der Waals surface area contributed by atoms with Crippen LogP contribution in [0.15, 0.2) is 78.9 Å². The van der Waals surface area contributed by atoms with Gasteiger partial charge in [-0.25, -0.2) is 4.79 Å². The van der Waals surface area contributed by atoms with Gasteiger partial charge >= 0.3 is 6.09 Å². The molecule has 0 aromatic heterocycles. The number of alkyl carbamates (subject to hydrolysis) is 1. The quantitative estimate of drug-likeness (QED) is 0.635. The molecule has 3 aromatic rings. The van der Waals surface area contributed by atoms with Crippen LogP contribution in [0.25, 0.3) is 17.2 Å². The van der Waals surface area contributed by atoms with E-state index in [-0.39, 0.29) is 6.61 Å². The second kappa shape index (κ2) is 8.57. The number of rotatable bonds is 5. The third-order valence-electron chi connectivity index (χ3n) is 4.84. The fourth-order valence-electron chi connectivity index (χ4n) is 3.36. The summed E-state index contributed by atoms with van der Waals surface area (Å²) < 4.78 is 5.16. The van der Waals surface area contributed by atoms with Crippen LogP contribution in [0.2, 0.25) is 0 Å². The van der Waals surface area contributed by atoms with Gasteiger partial charge in [0.05, 0.1) is 0 Å². The molecular formula is C25H19NO4. The number of hydrogen-bond acceptors (Lipinski definition) is 4. The predicted molar refractivity (Wildman–Crippen MR) is 114 cm³/mol. The number of ether oxygens (including phenoxy) is 1. The summed E-state index contributed by atoms with van der Waals surface area (Å²) >= 11 is 0. The third-order valence-corrected chi connectivity index (χ3v) is 4.84. The van der Waals surface area contributed by atoms with Crippen molar-refractivity contribution in [3.05, 3.63) is 101 Å². The van der Waals surface area contributed by atoms with Crippen LogP contribution in [0.1, 0.15) is 31.8 Å². The highest BCUT2D eigenvalue weighted by molar-refractivity contribution is 6.53. The van der Waals surface area contributed by atoms with Crippen molar-refractivity contribution in [1.82, 2.24) is 5.32 Å². The van der Waals surface area contributed by atoms with Crippen molar-refractivity contribution in [3.8, 4) is 11.1 Å². The second-order valence-corrected chi connectivity index (χ2v) is 6.85. The average molecular weight is 397 g/mol. The number of Topliss-reactive ketones (excluding diaryl/α,β-unsaturated/α-hetero) is 2. The van der Waals surface area contributed by atoms with E-state index >= 15 is 0 Å². The molecule has 4 rings (SSSR count). The minimum absolute atomic E-state index is 0.216. The number of fused-ring (bicyclic) bond motifs is 3. The first-order chi connectivity index (χ1) is 14.6. The van der Waals surface area contributed by atoms with Crippen LogP contribution in [-0.4, -0.2) is 24.2 Å². The summed E-state index contributed by atoms with van der Waals surface area (Å²) in [6.45, 7) is 0.520. The zero-order valence-electron chi connectivity index (χ0n) is 16.1. The van der Waals surface area contributed by atoms with Crippen LogP contribution in [0.4, 0.5) is 4.79 Å². The van der Waals surface area contributed by atoms with Crippen LogP contribution in [0.5, 0.6) is 0 Å². The van der Waals surface area contributed by atoms with Gasteiger partial charge in [0.25, 0.3) is 0 Å². The Kier molecular flexibility index (Phi) is 5.52. The van der Waals surface area contributed by atoms with Gasteiger partial charge in [0.15, 0.2) is 0 Å². The summed E-state index contributed by atoms with van der Waals surface area (Å²) in [4.78, 5) is 36.4. The van der Waals surface area contributed by atoms with Crippen LogP contribution in [-0.2, 0) is 11.3 Å². The Labute approximate surface area is 174 Å². The first-order valence-electron chi connectivity index (χ1n) is 9.57. The molecule has 30 heavy (non-hydrogen) atoms. The summed E-state index contributed by atoms with van der Waals surface area (Å²) in [5.41, 5.74) is 4.13. The molecule has 0 atom stereocenters. The van der Waals surface area contributed by atoms with Crippen molar-refractivity contribution in [1.29, 1.82) is 0 Å². The lowest BCUT2D eigenvalue weighted by atomic mass is 9.83. The Morgan fingerprint density at radius 2 is 1.47 bits per heavy atom. The van der Waals surface area contributed by atoms with Crippen molar-refractivity contribution in [2.75, 3.05) is 6.54 Å². The molecule has 1 N–H and O–H groups in total. The van der Waals surface area contributed by atoms with Gasteiger partial charge in [-0.3, -0.25) is 9.59 Å². The van der Waals surface area contributed by atoms with E-state index in [1.54, 1.807) is 30.3 Å². The van der Waals surface area contributed by atoms with E-state index < -0.39 is 17.7 Å². The van der Waals surface area contributed by atoms with Crippen molar-refractivity contribution in [2.45, 2.75) is 6.61 Å². The maximum absolute atomic E-state index is 12.4. The summed E-state index contributed by atoms with van der Waals surface area (Å²) in [5.74, 6) is -0.957. The van der Waals surface area contributed by atoms with Gasteiger partial charge in [-0.15, -0.1) is 0 Å². The van der Waals surface area contributed by atoms with E-state index in [0.29, 0.717) is 17.7 Å². The number of carbonyl (C=O) groups is 3. The van der Waals surface area contributed by atoms with Crippen molar-refractivity contribution in [2.24, 2.45) is 0 Å². The normalized spacial score (nSPS) is 12.4. The van der Waals surface area contributed by atoms with Gasteiger partial charge in [-0.1, -0.05) is 72.8 Å². The fourth-order valence-corrected chi connectivity index (χ4v) is 3.36. The molecule has 0 radical (unpaired) electrons. The molecule has 0 saturated heterocycles. The Bertz CT molecular complexity index is 1150. The van der Waals surface area contributed by atoms with Crippen LogP contribution < -0.4 is 5.32 Å².